The van der Waals surface area contributed by atoms with E-state index in [-0.39, 0.29) is 12.1 Å². The van der Waals surface area contributed by atoms with Gasteiger partial charge in [-0.1, -0.05) is 62.3 Å². The summed E-state index contributed by atoms with van der Waals surface area (Å²) in [5.41, 5.74) is 0. The van der Waals surface area contributed by atoms with Crippen molar-refractivity contribution in [3.05, 3.63) is 48.6 Å². The monoisotopic (exact) mass is 302 g/mol. The van der Waals surface area contributed by atoms with Gasteiger partial charge in [0.2, 0.25) is 0 Å². The molecule has 0 amide bonds. The molecule has 1 saturated heterocycles. The molecule has 2 nitrogen and oxygen atoms in total. The molecule has 1 aliphatic heterocycles. The number of allylic oxidation sites excluding steroid dienone is 7. The van der Waals surface area contributed by atoms with Gasteiger partial charge in [-0.2, -0.15) is 0 Å². The number of rotatable bonds is 10. The van der Waals surface area contributed by atoms with E-state index in [1.165, 1.54) is 25.7 Å². The summed E-state index contributed by atoms with van der Waals surface area (Å²) in [6.45, 7) is 2.23. The fourth-order valence-corrected chi connectivity index (χ4v) is 2.29. The molecule has 0 unspecified atom stereocenters. The normalized spacial score (nSPS) is 19.9. The molecule has 0 aromatic rings. The molecule has 2 heteroatoms. The summed E-state index contributed by atoms with van der Waals surface area (Å²) < 4.78 is 5.21. The van der Waals surface area contributed by atoms with Crippen LogP contribution in [0.5, 0.6) is 0 Å². The maximum absolute atomic E-state index is 11.1. The van der Waals surface area contributed by atoms with Crippen LogP contribution in [0.1, 0.15) is 64.7 Å². The summed E-state index contributed by atoms with van der Waals surface area (Å²) in [7, 11) is 0. The Morgan fingerprint density at radius 2 is 1.82 bits per heavy atom. The quantitative estimate of drug-likeness (QED) is 0.225. The molecular weight excluding hydrogens is 272 g/mol. The van der Waals surface area contributed by atoms with Crippen LogP contribution < -0.4 is 0 Å². The zero-order chi connectivity index (χ0) is 15.9. The first kappa shape index (κ1) is 18.5. The van der Waals surface area contributed by atoms with E-state index in [9.17, 15) is 4.79 Å². The lowest BCUT2D eigenvalue weighted by Gasteiger charge is -2.18. The molecular formula is C20H30O2. The Bertz CT molecular complexity index is 402. The van der Waals surface area contributed by atoms with Gasteiger partial charge in [0.05, 0.1) is 0 Å². The minimum absolute atomic E-state index is 0.0284. The molecule has 0 saturated carbocycles. The number of hydrogen-bond acceptors (Lipinski definition) is 2. The van der Waals surface area contributed by atoms with Gasteiger partial charge in [0.1, 0.15) is 6.10 Å². The first-order valence-corrected chi connectivity index (χ1v) is 8.65. The fraction of sp³-hybridized carbons (Fsp3) is 0.550. The Morgan fingerprint density at radius 3 is 2.59 bits per heavy atom. The summed E-state index contributed by atoms with van der Waals surface area (Å²) in [6, 6.07) is 0. The number of cyclic esters (lactones) is 1. The number of unbranched alkanes of at least 4 members (excludes halogenated alkanes) is 3. The van der Waals surface area contributed by atoms with Crippen molar-refractivity contribution in [2.75, 3.05) is 0 Å². The Kier molecular flexibility index (Phi) is 11.0. The van der Waals surface area contributed by atoms with E-state index in [1.807, 2.05) is 18.2 Å². The highest BCUT2D eigenvalue weighted by Crippen LogP contribution is 2.14. The van der Waals surface area contributed by atoms with Crippen LogP contribution in [-0.2, 0) is 9.53 Å². The maximum atomic E-state index is 11.1. The van der Waals surface area contributed by atoms with Gasteiger partial charge in [0, 0.05) is 6.42 Å². The average molecular weight is 302 g/mol. The van der Waals surface area contributed by atoms with Gasteiger partial charge in [-0.05, 0) is 44.6 Å². The van der Waals surface area contributed by atoms with Crippen molar-refractivity contribution >= 4 is 5.97 Å². The van der Waals surface area contributed by atoms with E-state index in [0.717, 1.165) is 25.7 Å². The molecule has 0 aliphatic carbocycles. The van der Waals surface area contributed by atoms with Crippen molar-refractivity contribution in [2.24, 2.45) is 0 Å². The third kappa shape index (κ3) is 10.2. The van der Waals surface area contributed by atoms with Crippen molar-refractivity contribution in [1.82, 2.24) is 0 Å². The minimum Gasteiger partial charge on any atom is -0.458 e. The van der Waals surface area contributed by atoms with E-state index in [2.05, 4.69) is 37.3 Å². The van der Waals surface area contributed by atoms with Crippen LogP contribution in [0.3, 0.4) is 0 Å². The second-order valence-electron chi connectivity index (χ2n) is 5.64. The molecule has 22 heavy (non-hydrogen) atoms. The largest absolute Gasteiger partial charge is 0.458 e. The van der Waals surface area contributed by atoms with Crippen molar-refractivity contribution in [3.63, 3.8) is 0 Å². The first-order chi connectivity index (χ1) is 10.8. The lowest BCUT2D eigenvalue weighted by Crippen LogP contribution is -2.21. The van der Waals surface area contributed by atoms with Crippen LogP contribution in [0.15, 0.2) is 48.6 Å². The maximum Gasteiger partial charge on any atom is 0.306 e. The molecule has 122 valence electrons. The summed E-state index contributed by atoms with van der Waals surface area (Å²) in [6.07, 6.45) is 26.5. The van der Waals surface area contributed by atoms with Crippen LogP contribution in [-0.4, -0.2) is 12.1 Å². The van der Waals surface area contributed by atoms with E-state index in [1.54, 1.807) is 0 Å². The van der Waals surface area contributed by atoms with E-state index in [4.69, 9.17) is 4.74 Å². The highest BCUT2D eigenvalue weighted by Gasteiger charge is 2.16. The van der Waals surface area contributed by atoms with E-state index < -0.39 is 0 Å². The van der Waals surface area contributed by atoms with Gasteiger partial charge in [-0.25, -0.2) is 0 Å². The molecule has 1 heterocycles. The number of ether oxygens (including phenoxy) is 1. The average Bonchev–Trinajstić information content (AvgIpc) is 2.52. The summed E-state index contributed by atoms with van der Waals surface area (Å²) >= 11 is 0. The van der Waals surface area contributed by atoms with Gasteiger partial charge < -0.3 is 4.74 Å². The van der Waals surface area contributed by atoms with Gasteiger partial charge in [-0.15, -0.1) is 0 Å². The lowest BCUT2D eigenvalue weighted by molar-refractivity contribution is -0.150. The molecule has 0 aromatic heterocycles. The molecule has 1 aliphatic rings. The second-order valence-corrected chi connectivity index (χ2v) is 5.64. The van der Waals surface area contributed by atoms with Crippen molar-refractivity contribution < 1.29 is 9.53 Å². The Balaban J connectivity index is 2.03. The molecule has 0 N–H and O–H groups in total. The highest BCUT2D eigenvalue weighted by molar-refractivity contribution is 5.70. The molecule has 0 bridgehead atoms. The van der Waals surface area contributed by atoms with Crippen LogP contribution in [0.2, 0.25) is 0 Å². The summed E-state index contributed by atoms with van der Waals surface area (Å²) in [5, 5.41) is 0. The summed E-state index contributed by atoms with van der Waals surface area (Å²) in [4.78, 5) is 11.1. The van der Waals surface area contributed by atoms with Gasteiger partial charge >= 0.3 is 5.97 Å². The SMILES string of the molecule is CCCCC/C=C/C/C=C\C/C=C/C=C\[C@@H]1CCCC(=O)O1. The summed E-state index contributed by atoms with van der Waals surface area (Å²) in [5.74, 6) is -0.0736. The molecule has 0 spiro atoms. The van der Waals surface area contributed by atoms with E-state index in [0.29, 0.717) is 6.42 Å². The van der Waals surface area contributed by atoms with Crippen LogP contribution >= 0.6 is 0 Å². The number of esters is 1. The topological polar surface area (TPSA) is 26.3 Å². The molecule has 1 fully saturated rings. The predicted octanol–water partition coefficient (Wildman–Crippen LogP) is 5.67. The Labute approximate surface area is 135 Å². The van der Waals surface area contributed by atoms with Gasteiger partial charge in [-0.3, -0.25) is 4.79 Å². The molecule has 0 aromatic carbocycles. The lowest BCUT2D eigenvalue weighted by atomic mass is 10.1. The van der Waals surface area contributed by atoms with Crippen LogP contribution in [0.4, 0.5) is 0 Å². The zero-order valence-electron chi connectivity index (χ0n) is 13.9. The highest BCUT2D eigenvalue weighted by atomic mass is 16.5. The molecule has 0 radical (unpaired) electrons. The fourth-order valence-electron chi connectivity index (χ4n) is 2.29. The number of carbonyl (C=O) groups excluding carboxylic acids is 1. The van der Waals surface area contributed by atoms with Crippen molar-refractivity contribution in [1.29, 1.82) is 0 Å². The standard InChI is InChI=1S/C20H30O2/c1-2-3-4-5-6-7-8-9-10-11-12-13-14-16-19-17-15-18-20(21)22-19/h6-7,9-10,12-14,16,19H,2-5,8,11,15,17-18H2,1H3/b7-6+,10-9-,13-12+,16-14-/t19-/m1/s1. The molecule has 1 atom stereocenters. The third-order valence-corrected chi connectivity index (χ3v) is 3.58. The Hall–Kier alpha value is -1.57. The number of hydrogen-bond donors (Lipinski definition) is 0. The second kappa shape index (κ2) is 13.1. The van der Waals surface area contributed by atoms with E-state index >= 15 is 0 Å². The van der Waals surface area contributed by atoms with Gasteiger partial charge in [0.25, 0.3) is 0 Å². The van der Waals surface area contributed by atoms with Crippen molar-refractivity contribution in [2.45, 2.75) is 70.8 Å². The zero-order valence-corrected chi connectivity index (χ0v) is 13.9. The molecule has 1 rings (SSSR count). The first-order valence-electron chi connectivity index (χ1n) is 8.65. The smallest absolute Gasteiger partial charge is 0.306 e. The minimum atomic E-state index is -0.0736. The van der Waals surface area contributed by atoms with Gasteiger partial charge in [0.15, 0.2) is 0 Å². The Morgan fingerprint density at radius 1 is 1.05 bits per heavy atom. The third-order valence-electron chi connectivity index (χ3n) is 3.58. The van der Waals surface area contributed by atoms with Crippen molar-refractivity contribution in [3.8, 4) is 0 Å². The van der Waals surface area contributed by atoms with Crippen LogP contribution in [0.25, 0.3) is 0 Å². The predicted molar refractivity (Wildman–Crippen MR) is 93.7 cm³/mol. The number of carbonyl (C=O) groups is 1. The van der Waals surface area contributed by atoms with Crippen LogP contribution in [0, 0.1) is 0 Å².